The van der Waals surface area contributed by atoms with Gasteiger partial charge in [-0.3, -0.25) is 4.79 Å². The van der Waals surface area contributed by atoms with Gasteiger partial charge in [0.05, 0.1) is 12.2 Å². The van der Waals surface area contributed by atoms with Crippen LogP contribution in [0.5, 0.6) is 0 Å². The van der Waals surface area contributed by atoms with Crippen LogP contribution in [0.1, 0.15) is 99.8 Å². The number of ether oxygens (including phenoxy) is 1. The van der Waals surface area contributed by atoms with E-state index in [0.717, 1.165) is 43.3 Å². The van der Waals surface area contributed by atoms with Crippen molar-refractivity contribution in [3.8, 4) is 0 Å². The van der Waals surface area contributed by atoms with Crippen molar-refractivity contribution >= 4 is 34.9 Å². The SMILES string of the molecule is CC(=O)OC1CC2(C)C(CC(OI)C3C4(C)CCC(O)C(C)C4CCC32C)/C1=C(\CCC=C(C)C)C(=O)O. The Bertz CT molecular complexity index is 1020. The zero-order valence-corrected chi connectivity index (χ0v) is 26.3. The molecule has 4 saturated carbocycles. The van der Waals surface area contributed by atoms with E-state index in [4.69, 9.17) is 7.80 Å². The highest BCUT2D eigenvalue weighted by molar-refractivity contribution is 14.1. The zero-order chi connectivity index (χ0) is 28.2. The van der Waals surface area contributed by atoms with Crippen molar-refractivity contribution in [2.75, 3.05) is 0 Å². The number of rotatable bonds is 6. The zero-order valence-electron chi connectivity index (χ0n) is 24.2. The van der Waals surface area contributed by atoms with Crippen molar-refractivity contribution < 1.29 is 27.6 Å². The van der Waals surface area contributed by atoms with Gasteiger partial charge in [-0.1, -0.05) is 39.3 Å². The van der Waals surface area contributed by atoms with Crippen molar-refractivity contribution in [1.29, 1.82) is 0 Å². The maximum Gasteiger partial charge on any atom is 0.331 e. The maximum atomic E-state index is 12.7. The number of carboxylic acids is 1. The molecule has 0 aromatic rings. The van der Waals surface area contributed by atoms with E-state index in [1.54, 1.807) is 0 Å². The van der Waals surface area contributed by atoms with Gasteiger partial charge in [0.15, 0.2) is 0 Å². The predicted molar refractivity (Wildman–Crippen MR) is 155 cm³/mol. The quantitative estimate of drug-likeness (QED) is 0.140. The minimum atomic E-state index is -0.909. The fourth-order valence-corrected chi connectivity index (χ4v) is 10.3. The summed E-state index contributed by atoms with van der Waals surface area (Å²) >= 11 is 2.06. The van der Waals surface area contributed by atoms with Gasteiger partial charge >= 0.3 is 11.9 Å². The molecule has 0 radical (unpaired) electrons. The van der Waals surface area contributed by atoms with E-state index in [1.807, 2.05) is 13.8 Å². The molecule has 0 spiro atoms. The second-order valence-electron chi connectivity index (χ2n) is 13.7. The number of aliphatic hydroxyl groups excluding tert-OH is 1. The topological polar surface area (TPSA) is 93.1 Å². The van der Waals surface area contributed by atoms with Crippen molar-refractivity contribution in [3.63, 3.8) is 0 Å². The molecule has 0 heterocycles. The third-order valence-electron chi connectivity index (χ3n) is 11.7. The van der Waals surface area contributed by atoms with Crippen molar-refractivity contribution in [3.05, 3.63) is 22.8 Å². The third-order valence-corrected chi connectivity index (χ3v) is 12.3. The maximum absolute atomic E-state index is 12.7. The Hall–Kier alpha value is -0.930. The Morgan fingerprint density at radius 3 is 2.37 bits per heavy atom. The highest BCUT2D eigenvalue weighted by Gasteiger charge is 2.71. The first-order valence-corrected chi connectivity index (χ1v) is 15.3. The number of carbonyl (C=O) groups is 2. The van der Waals surface area contributed by atoms with Crippen LogP contribution in [-0.2, 0) is 17.4 Å². The van der Waals surface area contributed by atoms with Crippen LogP contribution in [0.2, 0.25) is 0 Å². The number of hydrogen-bond donors (Lipinski definition) is 2. The largest absolute Gasteiger partial charge is 0.478 e. The summed E-state index contributed by atoms with van der Waals surface area (Å²) in [5.41, 5.74) is 2.06. The molecule has 0 saturated heterocycles. The predicted octanol–water partition coefficient (Wildman–Crippen LogP) is 7.04. The molecule has 10 atom stereocenters. The lowest BCUT2D eigenvalue weighted by Crippen LogP contribution is -2.65. The minimum absolute atomic E-state index is 0.0257. The molecule has 2 N–H and O–H groups in total. The molecular formula is C31H47IO6. The highest BCUT2D eigenvalue weighted by atomic mass is 127. The summed E-state index contributed by atoms with van der Waals surface area (Å²) < 4.78 is 12.2. The van der Waals surface area contributed by atoms with Crippen LogP contribution in [-0.4, -0.2) is 40.5 Å². The Balaban J connectivity index is 1.85. The van der Waals surface area contributed by atoms with Gasteiger partial charge in [0.25, 0.3) is 0 Å². The van der Waals surface area contributed by atoms with E-state index in [-0.39, 0.29) is 52.2 Å². The summed E-state index contributed by atoms with van der Waals surface area (Å²) in [5, 5.41) is 21.2. The van der Waals surface area contributed by atoms with Crippen LogP contribution in [0, 0.1) is 39.9 Å². The summed E-state index contributed by atoms with van der Waals surface area (Å²) in [4.78, 5) is 25.0. The van der Waals surface area contributed by atoms with Gasteiger partial charge in [0.1, 0.15) is 29.1 Å². The molecule has 38 heavy (non-hydrogen) atoms. The highest BCUT2D eigenvalue weighted by Crippen LogP contribution is 2.75. The number of hydrogen-bond acceptors (Lipinski definition) is 5. The van der Waals surface area contributed by atoms with E-state index in [2.05, 4.69) is 56.8 Å². The summed E-state index contributed by atoms with van der Waals surface area (Å²) in [6, 6.07) is 0. The normalized spacial score (nSPS) is 45.3. The second-order valence-corrected chi connectivity index (χ2v) is 14.2. The summed E-state index contributed by atoms with van der Waals surface area (Å²) in [5.74, 6) is -0.347. The van der Waals surface area contributed by atoms with Gasteiger partial charge in [-0.15, -0.1) is 0 Å². The average molecular weight is 643 g/mol. The number of halogens is 1. The van der Waals surface area contributed by atoms with E-state index >= 15 is 0 Å². The number of fused-ring (bicyclic) bond motifs is 5. The van der Waals surface area contributed by atoms with E-state index in [1.165, 1.54) is 6.92 Å². The van der Waals surface area contributed by atoms with Crippen molar-refractivity contribution in [1.82, 2.24) is 0 Å². The molecule has 0 bridgehead atoms. The molecule has 0 aromatic carbocycles. The Morgan fingerprint density at radius 2 is 1.79 bits per heavy atom. The van der Waals surface area contributed by atoms with E-state index in [0.29, 0.717) is 30.8 Å². The number of aliphatic carboxylic acids is 1. The standard InChI is InChI=1S/C31H47IO6/c1-17(2)9-8-10-20(28(35)36)26-22-15-24(38-32)27-29(5)13-12-23(34)18(3)21(29)11-14-30(27,6)31(22,7)16-25(26)37-19(4)33/h9,18,21-25,27,34H,8,10-16H2,1-7H3,(H,35,36)/b26-20-. The molecule has 4 rings (SSSR count). The van der Waals surface area contributed by atoms with Crippen LogP contribution in [0.15, 0.2) is 22.8 Å². The van der Waals surface area contributed by atoms with Gasteiger partial charge in [0, 0.05) is 12.5 Å². The molecular weight excluding hydrogens is 595 g/mol. The van der Waals surface area contributed by atoms with Gasteiger partial charge in [-0.2, -0.15) is 0 Å². The van der Waals surface area contributed by atoms with Gasteiger partial charge in [-0.25, -0.2) is 4.79 Å². The molecule has 4 aliphatic rings. The van der Waals surface area contributed by atoms with Crippen LogP contribution in [0.25, 0.3) is 0 Å². The van der Waals surface area contributed by atoms with Crippen LogP contribution >= 0.6 is 23.0 Å². The number of allylic oxidation sites excluding steroid dienone is 2. The second kappa shape index (κ2) is 10.8. The van der Waals surface area contributed by atoms with Crippen molar-refractivity contribution in [2.45, 2.75) is 118 Å². The summed E-state index contributed by atoms with van der Waals surface area (Å²) in [6.07, 6.45) is 7.53. The first-order valence-electron chi connectivity index (χ1n) is 14.4. The van der Waals surface area contributed by atoms with E-state index < -0.39 is 12.1 Å². The summed E-state index contributed by atoms with van der Waals surface area (Å²) in [6.45, 7) is 14.8. The fraction of sp³-hybridized carbons (Fsp3) is 0.806. The molecule has 4 fully saturated rings. The van der Waals surface area contributed by atoms with Crippen LogP contribution in [0.4, 0.5) is 0 Å². The van der Waals surface area contributed by atoms with Gasteiger partial charge in [0.2, 0.25) is 0 Å². The average Bonchev–Trinajstić information content (AvgIpc) is 3.10. The fourth-order valence-electron chi connectivity index (χ4n) is 9.84. The molecule has 0 aliphatic heterocycles. The first kappa shape index (κ1) is 30.0. The number of carboxylic acid groups (broad SMARTS) is 1. The van der Waals surface area contributed by atoms with Gasteiger partial charge in [-0.05, 0) is 111 Å². The molecule has 6 nitrogen and oxygen atoms in total. The Morgan fingerprint density at radius 1 is 1.11 bits per heavy atom. The van der Waals surface area contributed by atoms with Gasteiger partial charge < -0.3 is 18.0 Å². The smallest absolute Gasteiger partial charge is 0.331 e. The lowest BCUT2D eigenvalue weighted by atomic mass is 9.36. The van der Waals surface area contributed by atoms with E-state index in [9.17, 15) is 19.8 Å². The molecule has 214 valence electrons. The first-order chi connectivity index (χ1) is 17.7. The Kier molecular flexibility index (Phi) is 8.54. The number of esters is 1. The lowest BCUT2D eigenvalue weighted by molar-refractivity contribution is -0.224. The number of aliphatic hydroxyl groups is 1. The molecule has 0 aromatic heterocycles. The minimum Gasteiger partial charge on any atom is -0.478 e. The lowest BCUT2D eigenvalue weighted by Gasteiger charge is -2.69. The molecule has 7 heteroatoms. The molecule has 0 amide bonds. The molecule has 4 aliphatic carbocycles. The van der Waals surface area contributed by atoms with Crippen molar-refractivity contribution in [2.24, 2.45) is 39.9 Å². The Labute approximate surface area is 242 Å². The number of carbonyl (C=O) groups excluding carboxylic acids is 1. The van der Waals surface area contributed by atoms with Crippen LogP contribution < -0.4 is 0 Å². The van der Waals surface area contributed by atoms with Crippen LogP contribution in [0.3, 0.4) is 0 Å². The monoisotopic (exact) mass is 642 g/mol. The third kappa shape index (κ3) is 4.70. The summed E-state index contributed by atoms with van der Waals surface area (Å²) in [7, 11) is 0. The molecule has 10 unspecified atom stereocenters.